The first-order chi connectivity index (χ1) is 5.79. The topological polar surface area (TPSA) is 35.2 Å². The van der Waals surface area contributed by atoms with Gasteiger partial charge < -0.3 is 10.5 Å². The summed E-state index contributed by atoms with van der Waals surface area (Å²) in [6.45, 7) is 3.98. The van der Waals surface area contributed by atoms with Crippen LogP contribution in [0.1, 0.15) is 26.2 Å². The van der Waals surface area contributed by atoms with Crippen LogP contribution in [0.25, 0.3) is 0 Å². The van der Waals surface area contributed by atoms with Crippen molar-refractivity contribution in [1.82, 2.24) is 0 Å². The molecule has 2 nitrogen and oxygen atoms in total. The highest BCUT2D eigenvalue weighted by Crippen LogP contribution is 2.21. The zero-order valence-electron chi connectivity index (χ0n) is 7.79. The van der Waals surface area contributed by atoms with Gasteiger partial charge in [0, 0.05) is 17.9 Å². The molecule has 2 atom stereocenters. The molecule has 3 heteroatoms. The fourth-order valence-corrected chi connectivity index (χ4v) is 2.63. The molecule has 12 heavy (non-hydrogen) atoms. The van der Waals surface area contributed by atoms with Crippen molar-refractivity contribution in [3.63, 3.8) is 0 Å². The molecule has 0 bridgehead atoms. The number of thioether (sulfide) groups is 1. The molecule has 0 amide bonds. The van der Waals surface area contributed by atoms with Crippen molar-refractivity contribution in [2.75, 3.05) is 19.0 Å². The summed E-state index contributed by atoms with van der Waals surface area (Å²) in [6.07, 6.45) is 3.68. The highest BCUT2D eigenvalue weighted by atomic mass is 32.2. The van der Waals surface area contributed by atoms with Gasteiger partial charge in [0.15, 0.2) is 0 Å². The molecule has 72 valence electrons. The Labute approximate surface area is 79.2 Å². The number of nitrogens with two attached hydrogens (primary N) is 1. The van der Waals surface area contributed by atoms with Crippen LogP contribution in [-0.2, 0) is 4.74 Å². The van der Waals surface area contributed by atoms with Crippen LogP contribution in [0, 0.1) is 0 Å². The van der Waals surface area contributed by atoms with E-state index < -0.39 is 0 Å². The fraction of sp³-hybridized carbons (Fsp3) is 1.00. The van der Waals surface area contributed by atoms with E-state index in [2.05, 4.69) is 6.92 Å². The first kappa shape index (κ1) is 10.4. The third-order valence-electron chi connectivity index (χ3n) is 2.05. The Balaban J connectivity index is 1.98. The van der Waals surface area contributed by atoms with Crippen LogP contribution in [0.2, 0.25) is 0 Å². The molecule has 1 saturated heterocycles. The van der Waals surface area contributed by atoms with E-state index in [9.17, 15) is 0 Å². The van der Waals surface area contributed by atoms with Crippen molar-refractivity contribution in [1.29, 1.82) is 0 Å². The van der Waals surface area contributed by atoms with Gasteiger partial charge in [-0.25, -0.2) is 0 Å². The van der Waals surface area contributed by atoms with Gasteiger partial charge in [0.05, 0.1) is 6.61 Å². The van der Waals surface area contributed by atoms with Gasteiger partial charge in [-0.3, -0.25) is 0 Å². The average Bonchev–Trinajstić information content (AvgIpc) is 2.05. The highest BCUT2D eigenvalue weighted by molar-refractivity contribution is 7.99. The van der Waals surface area contributed by atoms with Gasteiger partial charge in [0.25, 0.3) is 0 Å². The van der Waals surface area contributed by atoms with Gasteiger partial charge in [-0.1, -0.05) is 0 Å². The molecule has 0 aromatic heterocycles. The van der Waals surface area contributed by atoms with E-state index in [1.54, 1.807) is 0 Å². The average molecular weight is 189 g/mol. The lowest BCUT2D eigenvalue weighted by Gasteiger charge is -2.21. The lowest BCUT2D eigenvalue weighted by atomic mass is 10.2. The molecule has 2 N–H and O–H groups in total. The Hall–Kier alpha value is 0.270. The van der Waals surface area contributed by atoms with Crippen LogP contribution in [0.4, 0.5) is 0 Å². The van der Waals surface area contributed by atoms with Crippen LogP contribution in [-0.4, -0.2) is 30.3 Å². The minimum absolute atomic E-state index is 0.349. The molecule has 1 rings (SSSR count). The second kappa shape index (κ2) is 5.84. The largest absolute Gasteiger partial charge is 0.380 e. The summed E-state index contributed by atoms with van der Waals surface area (Å²) in [4.78, 5) is 0. The fourth-order valence-electron chi connectivity index (χ4n) is 1.26. The van der Waals surface area contributed by atoms with E-state index in [0.717, 1.165) is 24.9 Å². The number of hydrogen-bond donors (Lipinski definition) is 1. The Morgan fingerprint density at radius 2 is 2.50 bits per heavy atom. The minimum Gasteiger partial charge on any atom is -0.380 e. The second-order valence-electron chi connectivity index (χ2n) is 3.48. The summed E-state index contributed by atoms with van der Waals surface area (Å²) >= 11 is 2.02. The van der Waals surface area contributed by atoms with Gasteiger partial charge in [-0.15, -0.1) is 0 Å². The van der Waals surface area contributed by atoms with E-state index in [1.165, 1.54) is 18.6 Å². The molecule has 1 heterocycles. The van der Waals surface area contributed by atoms with Crippen molar-refractivity contribution in [3.8, 4) is 0 Å². The maximum absolute atomic E-state index is 5.66. The SMILES string of the molecule is CC(N)CCSC1CCCOC1. The summed E-state index contributed by atoms with van der Waals surface area (Å²) in [6, 6.07) is 0.349. The van der Waals surface area contributed by atoms with E-state index in [1.807, 2.05) is 11.8 Å². The molecule has 1 fully saturated rings. The zero-order valence-corrected chi connectivity index (χ0v) is 8.61. The van der Waals surface area contributed by atoms with Gasteiger partial charge in [0.2, 0.25) is 0 Å². The maximum Gasteiger partial charge on any atom is 0.0585 e. The number of rotatable bonds is 4. The van der Waals surface area contributed by atoms with Gasteiger partial charge in [-0.05, 0) is 31.9 Å². The second-order valence-corrected chi connectivity index (χ2v) is 4.88. The van der Waals surface area contributed by atoms with Crippen LogP contribution >= 0.6 is 11.8 Å². The Morgan fingerprint density at radius 1 is 1.67 bits per heavy atom. The van der Waals surface area contributed by atoms with Crippen LogP contribution in [0.3, 0.4) is 0 Å². The monoisotopic (exact) mass is 189 g/mol. The molecule has 0 aromatic rings. The molecule has 0 saturated carbocycles. The van der Waals surface area contributed by atoms with Gasteiger partial charge in [0.1, 0.15) is 0 Å². The Morgan fingerprint density at radius 3 is 3.08 bits per heavy atom. The Bertz CT molecular complexity index is 113. The van der Waals surface area contributed by atoms with Crippen LogP contribution in [0.15, 0.2) is 0 Å². The molecule has 0 radical (unpaired) electrons. The molecule has 0 aliphatic carbocycles. The van der Waals surface area contributed by atoms with Crippen molar-refractivity contribution in [2.24, 2.45) is 5.73 Å². The first-order valence-corrected chi connectivity index (χ1v) is 5.79. The minimum atomic E-state index is 0.349. The van der Waals surface area contributed by atoms with Crippen LogP contribution in [0.5, 0.6) is 0 Å². The van der Waals surface area contributed by atoms with Crippen molar-refractivity contribution in [2.45, 2.75) is 37.5 Å². The van der Waals surface area contributed by atoms with E-state index >= 15 is 0 Å². The summed E-state index contributed by atoms with van der Waals surface area (Å²) in [7, 11) is 0. The molecular weight excluding hydrogens is 170 g/mol. The molecule has 0 spiro atoms. The molecular formula is C9H19NOS. The van der Waals surface area contributed by atoms with Gasteiger partial charge in [-0.2, -0.15) is 11.8 Å². The quantitative estimate of drug-likeness (QED) is 0.730. The van der Waals surface area contributed by atoms with E-state index in [-0.39, 0.29) is 0 Å². The molecule has 1 aliphatic heterocycles. The number of ether oxygens (including phenoxy) is 1. The zero-order chi connectivity index (χ0) is 8.81. The van der Waals surface area contributed by atoms with E-state index in [4.69, 9.17) is 10.5 Å². The Kier molecular flexibility index (Phi) is 5.04. The summed E-state index contributed by atoms with van der Waals surface area (Å²) in [5.74, 6) is 1.19. The highest BCUT2D eigenvalue weighted by Gasteiger charge is 2.13. The summed E-state index contributed by atoms with van der Waals surface area (Å²) in [5, 5.41) is 0.734. The number of hydrogen-bond acceptors (Lipinski definition) is 3. The van der Waals surface area contributed by atoms with Crippen molar-refractivity contribution < 1.29 is 4.74 Å². The molecule has 0 aromatic carbocycles. The first-order valence-electron chi connectivity index (χ1n) is 4.74. The van der Waals surface area contributed by atoms with E-state index in [0.29, 0.717) is 6.04 Å². The third kappa shape index (κ3) is 4.33. The maximum atomic E-state index is 5.66. The predicted molar refractivity (Wildman–Crippen MR) is 54.6 cm³/mol. The standard InChI is InChI=1S/C9H19NOS/c1-8(10)4-6-12-9-3-2-5-11-7-9/h8-9H,2-7,10H2,1H3. The van der Waals surface area contributed by atoms with Crippen molar-refractivity contribution >= 4 is 11.8 Å². The smallest absolute Gasteiger partial charge is 0.0585 e. The third-order valence-corrected chi connectivity index (χ3v) is 3.36. The normalized spacial score (nSPS) is 27.0. The predicted octanol–water partition coefficient (Wildman–Crippen LogP) is 1.64. The van der Waals surface area contributed by atoms with Crippen molar-refractivity contribution in [3.05, 3.63) is 0 Å². The summed E-state index contributed by atoms with van der Waals surface area (Å²) < 4.78 is 5.39. The van der Waals surface area contributed by atoms with Crippen LogP contribution < -0.4 is 5.73 Å². The molecule has 2 unspecified atom stereocenters. The van der Waals surface area contributed by atoms with Gasteiger partial charge >= 0.3 is 0 Å². The summed E-state index contributed by atoms with van der Waals surface area (Å²) in [5.41, 5.74) is 5.66. The lowest BCUT2D eigenvalue weighted by molar-refractivity contribution is 0.101. The molecule has 1 aliphatic rings. The lowest BCUT2D eigenvalue weighted by Crippen LogP contribution is -2.21.